The molecule has 1 atom stereocenters. The zero-order valence-corrected chi connectivity index (χ0v) is 17.3. The number of fused-ring (bicyclic) bond motifs is 1. The van der Waals surface area contributed by atoms with Gasteiger partial charge in [0.25, 0.3) is 0 Å². The Balaban J connectivity index is 1.73. The lowest BCUT2D eigenvalue weighted by Gasteiger charge is -2.33. The van der Waals surface area contributed by atoms with Gasteiger partial charge < -0.3 is 0 Å². The van der Waals surface area contributed by atoms with Gasteiger partial charge in [-0.1, -0.05) is 24.3 Å². The second kappa shape index (κ2) is 7.06. The van der Waals surface area contributed by atoms with Gasteiger partial charge in [0.2, 0.25) is 20.0 Å². The van der Waals surface area contributed by atoms with Crippen LogP contribution in [0.4, 0.5) is 0 Å². The minimum atomic E-state index is -3.89. The fourth-order valence-corrected chi connectivity index (χ4v) is 5.56. The molecule has 3 aromatic rings. The molecule has 152 valence electrons. The Morgan fingerprint density at radius 3 is 2.28 bits per heavy atom. The maximum Gasteiger partial charge on any atom is 0.243 e. The Morgan fingerprint density at radius 1 is 1.00 bits per heavy atom. The second-order valence-electron chi connectivity index (χ2n) is 7.01. The molecule has 0 saturated carbocycles. The number of nitrogens with zero attached hydrogens (tertiary/aromatic N) is 3. The van der Waals surface area contributed by atoms with Gasteiger partial charge in [-0.05, 0) is 41.0 Å². The minimum absolute atomic E-state index is 0.0224. The van der Waals surface area contributed by atoms with Gasteiger partial charge in [0.15, 0.2) is 0 Å². The van der Waals surface area contributed by atoms with E-state index in [2.05, 4.69) is 5.10 Å². The molecule has 0 aliphatic carbocycles. The summed E-state index contributed by atoms with van der Waals surface area (Å²) in [7, 11) is -5.90. The summed E-state index contributed by atoms with van der Waals surface area (Å²) in [5.41, 5.74) is 2.94. The van der Waals surface area contributed by atoms with Crippen LogP contribution in [0.1, 0.15) is 22.6 Å². The highest BCUT2D eigenvalue weighted by atomic mass is 32.2. The molecule has 4 rings (SSSR count). The van der Waals surface area contributed by atoms with E-state index in [-0.39, 0.29) is 28.8 Å². The van der Waals surface area contributed by atoms with Gasteiger partial charge in [0.05, 0.1) is 16.0 Å². The molecule has 0 spiro atoms. The molecule has 1 aliphatic rings. The second-order valence-corrected chi connectivity index (χ2v) is 10.5. The zero-order chi connectivity index (χ0) is 20.8. The van der Waals surface area contributed by atoms with Crippen LogP contribution in [-0.4, -0.2) is 37.5 Å². The molecule has 0 radical (unpaired) electrons. The zero-order valence-electron chi connectivity index (χ0n) is 15.6. The predicted molar refractivity (Wildman–Crippen MR) is 107 cm³/mol. The first-order valence-electron chi connectivity index (χ1n) is 8.85. The van der Waals surface area contributed by atoms with Crippen molar-refractivity contribution in [1.29, 1.82) is 0 Å². The molecule has 8 nitrogen and oxygen atoms in total. The number of benzene rings is 2. The van der Waals surface area contributed by atoms with Crippen molar-refractivity contribution in [2.24, 2.45) is 12.2 Å². The number of sulfonamides is 2. The number of hydrogen-bond acceptors (Lipinski definition) is 5. The van der Waals surface area contributed by atoms with E-state index in [1.54, 1.807) is 10.9 Å². The molecular formula is C19H20N4O4S2. The number of rotatable bonds is 4. The first kappa shape index (κ1) is 19.8. The molecule has 1 aliphatic heterocycles. The van der Waals surface area contributed by atoms with Gasteiger partial charge in [0, 0.05) is 32.3 Å². The summed E-state index contributed by atoms with van der Waals surface area (Å²) in [6.07, 6.45) is 3.64. The van der Waals surface area contributed by atoms with E-state index in [0.717, 1.165) is 16.7 Å². The van der Waals surface area contributed by atoms with E-state index in [9.17, 15) is 16.8 Å². The fraction of sp³-hybridized carbons (Fsp3) is 0.211. The SMILES string of the molecule is Cn1cc(C2CN(S(=O)(=O)c3ccc(S(N)(=O)=O)cc3)Cc3ccccc32)cn1. The molecule has 2 N–H and O–H groups in total. The lowest BCUT2D eigenvalue weighted by molar-refractivity contribution is 0.371. The van der Waals surface area contributed by atoms with Crippen molar-refractivity contribution in [3.8, 4) is 0 Å². The smallest absolute Gasteiger partial charge is 0.243 e. The average Bonchev–Trinajstić information content (AvgIpc) is 3.12. The van der Waals surface area contributed by atoms with Gasteiger partial charge in [-0.3, -0.25) is 4.68 Å². The van der Waals surface area contributed by atoms with Crippen LogP contribution in [-0.2, 0) is 33.6 Å². The van der Waals surface area contributed by atoms with E-state index < -0.39 is 20.0 Å². The molecule has 0 fully saturated rings. The van der Waals surface area contributed by atoms with Crippen molar-refractivity contribution in [3.05, 3.63) is 77.6 Å². The van der Waals surface area contributed by atoms with Crippen molar-refractivity contribution < 1.29 is 16.8 Å². The van der Waals surface area contributed by atoms with E-state index in [0.29, 0.717) is 0 Å². The van der Waals surface area contributed by atoms with Crippen molar-refractivity contribution in [1.82, 2.24) is 14.1 Å². The van der Waals surface area contributed by atoms with E-state index in [1.807, 2.05) is 37.5 Å². The van der Waals surface area contributed by atoms with Gasteiger partial charge in [-0.2, -0.15) is 9.40 Å². The fourth-order valence-electron chi connectivity index (χ4n) is 3.61. The molecule has 2 aromatic carbocycles. The van der Waals surface area contributed by atoms with Crippen LogP contribution in [0.5, 0.6) is 0 Å². The maximum absolute atomic E-state index is 13.3. The normalized spacial score (nSPS) is 17.8. The Labute approximate surface area is 169 Å². The monoisotopic (exact) mass is 432 g/mol. The molecule has 1 unspecified atom stereocenters. The highest BCUT2D eigenvalue weighted by molar-refractivity contribution is 7.89. The van der Waals surface area contributed by atoms with Crippen molar-refractivity contribution >= 4 is 20.0 Å². The third-order valence-electron chi connectivity index (χ3n) is 5.08. The van der Waals surface area contributed by atoms with Crippen LogP contribution < -0.4 is 5.14 Å². The lowest BCUT2D eigenvalue weighted by atomic mass is 9.87. The van der Waals surface area contributed by atoms with Crippen LogP contribution in [0, 0.1) is 0 Å². The highest BCUT2D eigenvalue weighted by Gasteiger charge is 2.34. The topological polar surface area (TPSA) is 115 Å². The summed E-state index contributed by atoms with van der Waals surface area (Å²) < 4.78 is 52.5. The van der Waals surface area contributed by atoms with Gasteiger partial charge in [-0.15, -0.1) is 0 Å². The van der Waals surface area contributed by atoms with Gasteiger partial charge >= 0.3 is 0 Å². The number of aromatic nitrogens is 2. The summed E-state index contributed by atoms with van der Waals surface area (Å²) in [6.45, 7) is 0.508. The number of nitrogens with two attached hydrogens (primary N) is 1. The highest BCUT2D eigenvalue weighted by Crippen LogP contribution is 2.35. The Hall–Kier alpha value is -2.53. The van der Waals surface area contributed by atoms with Gasteiger partial charge in [0.1, 0.15) is 0 Å². The lowest BCUT2D eigenvalue weighted by Crippen LogP contribution is -2.38. The first-order valence-corrected chi connectivity index (χ1v) is 11.8. The van der Waals surface area contributed by atoms with Gasteiger partial charge in [-0.25, -0.2) is 22.0 Å². The average molecular weight is 433 g/mol. The van der Waals surface area contributed by atoms with Crippen LogP contribution in [0.25, 0.3) is 0 Å². The maximum atomic E-state index is 13.3. The summed E-state index contributed by atoms with van der Waals surface area (Å²) in [6, 6.07) is 12.7. The largest absolute Gasteiger partial charge is 0.276 e. The standard InChI is InChI=1S/C19H20N4O4S2/c1-22-11-15(10-21-22)19-13-23(12-14-4-2-3-5-18(14)19)29(26,27)17-8-6-16(7-9-17)28(20,24)25/h2-11,19H,12-13H2,1H3,(H2,20,24,25). The summed E-state index contributed by atoms with van der Waals surface area (Å²) >= 11 is 0. The molecule has 2 heterocycles. The molecule has 0 saturated heterocycles. The molecule has 0 amide bonds. The third-order valence-corrected chi connectivity index (χ3v) is 7.84. The van der Waals surface area contributed by atoms with Crippen molar-refractivity contribution in [2.75, 3.05) is 6.54 Å². The summed E-state index contributed by atoms with van der Waals surface area (Å²) in [5, 5.41) is 9.32. The quantitative estimate of drug-likeness (QED) is 0.669. The molecule has 1 aromatic heterocycles. The molecule has 10 heteroatoms. The minimum Gasteiger partial charge on any atom is -0.276 e. The number of hydrogen-bond donors (Lipinski definition) is 1. The predicted octanol–water partition coefficient (Wildman–Crippen LogP) is 1.40. The number of primary sulfonamides is 1. The summed E-state index contributed by atoms with van der Waals surface area (Å²) in [4.78, 5) is -0.108. The van der Waals surface area contributed by atoms with Crippen molar-refractivity contribution in [2.45, 2.75) is 22.3 Å². The van der Waals surface area contributed by atoms with Crippen LogP contribution in [0.15, 0.2) is 70.7 Å². The van der Waals surface area contributed by atoms with Crippen LogP contribution in [0.2, 0.25) is 0 Å². The Kier molecular flexibility index (Phi) is 4.82. The number of aryl methyl sites for hydroxylation is 1. The summed E-state index contributed by atoms with van der Waals surface area (Å²) in [5.74, 6) is -0.146. The Bertz CT molecular complexity index is 1270. The first-order chi connectivity index (χ1) is 13.7. The van der Waals surface area contributed by atoms with E-state index in [1.165, 1.54) is 28.6 Å². The molecular weight excluding hydrogens is 412 g/mol. The van der Waals surface area contributed by atoms with Crippen LogP contribution >= 0.6 is 0 Å². The van der Waals surface area contributed by atoms with E-state index in [4.69, 9.17) is 5.14 Å². The third kappa shape index (κ3) is 3.71. The Morgan fingerprint density at radius 2 is 1.66 bits per heavy atom. The van der Waals surface area contributed by atoms with E-state index >= 15 is 0 Å². The van der Waals surface area contributed by atoms with Crippen molar-refractivity contribution in [3.63, 3.8) is 0 Å². The molecule has 29 heavy (non-hydrogen) atoms. The van der Waals surface area contributed by atoms with Crippen LogP contribution in [0.3, 0.4) is 0 Å². The molecule has 0 bridgehead atoms.